The van der Waals surface area contributed by atoms with Crippen molar-refractivity contribution in [3.05, 3.63) is 29.8 Å². The van der Waals surface area contributed by atoms with Crippen LogP contribution in [-0.2, 0) is 14.8 Å². The number of nitrogens with zero attached hydrogens (tertiary/aromatic N) is 2. The molecule has 1 N–H and O–H groups in total. The molecule has 168 valence electrons. The zero-order valence-corrected chi connectivity index (χ0v) is 18.0. The second-order valence-corrected chi connectivity index (χ2v) is 9.63. The van der Waals surface area contributed by atoms with Crippen LogP contribution in [0.2, 0.25) is 0 Å². The van der Waals surface area contributed by atoms with Crippen molar-refractivity contribution in [2.75, 3.05) is 32.8 Å². The fourth-order valence-corrected chi connectivity index (χ4v) is 5.55. The molecule has 2 saturated heterocycles. The first-order valence-electron chi connectivity index (χ1n) is 10.4. The van der Waals surface area contributed by atoms with Gasteiger partial charge in [-0.2, -0.15) is 4.31 Å². The van der Waals surface area contributed by atoms with E-state index < -0.39 is 21.7 Å². The Morgan fingerprint density at radius 2 is 1.77 bits per heavy atom. The predicted molar refractivity (Wildman–Crippen MR) is 108 cm³/mol. The van der Waals surface area contributed by atoms with Gasteiger partial charge in [0.1, 0.15) is 0 Å². The molecule has 10 heteroatoms. The molecule has 0 radical (unpaired) electrons. The maximum atomic E-state index is 13.5. The van der Waals surface area contributed by atoms with Crippen molar-refractivity contribution in [3.63, 3.8) is 0 Å². The van der Waals surface area contributed by atoms with Crippen molar-refractivity contribution in [2.45, 2.75) is 56.0 Å². The average Bonchev–Trinajstić information content (AvgIpc) is 2.75. The van der Waals surface area contributed by atoms with Crippen LogP contribution in [0.5, 0.6) is 0 Å². The molecule has 2 aliphatic heterocycles. The summed E-state index contributed by atoms with van der Waals surface area (Å²) >= 11 is 0. The number of hydrogen-bond acceptors (Lipinski definition) is 4. The van der Waals surface area contributed by atoms with Gasteiger partial charge in [-0.15, -0.1) is 0 Å². The van der Waals surface area contributed by atoms with E-state index in [2.05, 4.69) is 5.32 Å². The number of sulfonamides is 1. The van der Waals surface area contributed by atoms with Gasteiger partial charge in [0, 0.05) is 44.9 Å². The van der Waals surface area contributed by atoms with Crippen LogP contribution in [-0.4, -0.2) is 68.6 Å². The van der Waals surface area contributed by atoms with Crippen molar-refractivity contribution in [2.24, 2.45) is 0 Å². The largest absolute Gasteiger partial charge is 0.381 e. The normalized spacial score (nSPS) is 19.6. The van der Waals surface area contributed by atoms with E-state index in [1.165, 1.54) is 4.31 Å². The minimum absolute atomic E-state index is 0.0648. The van der Waals surface area contributed by atoms with Crippen molar-refractivity contribution in [1.29, 1.82) is 0 Å². The molecule has 7 nitrogen and oxygen atoms in total. The highest BCUT2D eigenvalue weighted by Crippen LogP contribution is 2.27. The number of benzene rings is 1. The minimum Gasteiger partial charge on any atom is -0.381 e. The molecule has 3 rings (SSSR count). The summed E-state index contributed by atoms with van der Waals surface area (Å²) in [6.45, 7) is 4.21. The Hall–Kier alpha value is -1.78. The maximum Gasteiger partial charge on any atom is 0.317 e. The summed E-state index contributed by atoms with van der Waals surface area (Å²) in [7, 11) is -3.92. The lowest BCUT2D eigenvalue weighted by Crippen LogP contribution is -2.56. The SMILES string of the molecule is CCCNC(=O)N(C1CCOCC1)C1CCN(S(=O)(=O)c2ccc(F)c(F)c2)CC1. The lowest BCUT2D eigenvalue weighted by atomic mass is 9.99. The first-order valence-corrected chi connectivity index (χ1v) is 11.9. The third kappa shape index (κ3) is 5.09. The van der Waals surface area contributed by atoms with Gasteiger partial charge in [0.05, 0.1) is 4.90 Å². The van der Waals surface area contributed by atoms with E-state index in [9.17, 15) is 22.0 Å². The number of halogens is 2. The number of ether oxygens (including phenoxy) is 1. The molecule has 1 aromatic carbocycles. The van der Waals surface area contributed by atoms with Crippen LogP contribution in [0.25, 0.3) is 0 Å². The number of urea groups is 1. The Bertz CT molecular complexity index is 838. The van der Waals surface area contributed by atoms with Crippen LogP contribution in [0.4, 0.5) is 13.6 Å². The summed E-state index contributed by atoms with van der Waals surface area (Å²) < 4.78 is 59.1. The standard InChI is InChI=1S/C20H29F2N3O4S/c1-2-9-23-20(26)25(16-7-12-29-13-8-16)15-5-10-24(11-6-15)30(27,28)17-3-4-18(21)19(22)14-17/h3-4,14-16H,2,5-13H2,1H3,(H,23,26). The molecular weight excluding hydrogens is 416 g/mol. The van der Waals surface area contributed by atoms with Crippen molar-refractivity contribution in [1.82, 2.24) is 14.5 Å². The van der Waals surface area contributed by atoms with Crippen molar-refractivity contribution < 1.29 is 26.7 Å². The fourth-order valence-electron chi connectivity index (χ4n) is 4.06. The van der Waals surface area contributed by atoms with Gasteiger partial charge in [0.2, 0.25) is 10.0 Å². The lowest BCUT2D eigenvalue weighted by molar-refractivity contribution is 0.0255. The van der Waals surface area contributed by atoms with Gasteiger partial charge in [-0.3, -0.25) is 0 Å². The van der Waals surface area contributed by atoms with Gasteiger partial charge >= 0.3 is 6.03 Å². The highest BCUT2D eigenvalue weighted by Gasteiger charge is 2.37. The molecule has 0 spiro atoms. The second kappa shape index (κ2) is 10.0. The maximum absolute atomic E-state index is 13.5. The summed E-state index contributed by atoms with van der Waals surface area (Å²) in [4.78, 5) is 14.4. The molecule has 0 saturated carbocycles. The van der Waals surface area contributed by atoms with Crippen LogP contribution in [0, 0.1) is 11.6 Å². The van der Waals surface area contributed by atoms with E-state index in [0.717, 1.165) is 31.4 Å². The molecule has 0 aliphatic carbocycles. The smallest absolute Gasteiger partial charge is 0.317 e. The van der Waals surface area contributed by atoms with E-state index in [-0.39, 0.29) is 36.1 Å². The molecule has 1 aromatic rings. The van der Waals surface area contributed by atoms with Crippen LogP contribution in [0.3, 0.4) is 0 Å². The number of amides is 2. The monoisotopic (exact) mass is 445 g/mol. The number of carbonyl (C=O) groups is 1. The zero-order valence-electron chi connectivity index (χ0n) is 17.1. The zero-order chi connectivity index (χ0) is 21.7. The molecule has 2 heterocycles. The van der Waals surface area contributed by atoms with E-state index in [1.807, 2.05) is 11.8 Å². The number of hydrogen-bond donors (Lipinski definition) is 1. The van der Waals surface area contributed by atoms with Gasteiger partial charge in [0.25, 0.3) is 0 Å². The number of nitrogens with one attached hydrogen (secondary N) is 1. The quantitative estimate of drug-likeness (QED) is 0.730. The van der Waals surface area contributed by atoms with Gasteiger partial charge in [-0.05, 0) is 50.3 Å². The topological polar surface area (TPSA) is 79.0 Å². The van der Waals surface area contributed by atoms with Gasteiger partial charge < -0.3 is 15.0 Å². The molecule has 2 amide bonds. The molecule has 0 aromatic heterocycles. The molecule has 0 atom stereocenters. The molecule has 2 fully saturated rings. The van der Waals surface area contributed by atoms with Crippen molar-refractivity contribution in [3.8, 4) is 0 Å². The Balaban J connectivity index is 1.70. The number of rotatable bonds is 6. The third-order valence-corrected chi connectivity index (χ3v) is 7.59. The number of carbonyl (C=O) groups excluding carboxylic acids is 1. The molecule has 30 heavy (non-hydrogen) atoms. The molecular formula is C20H29F2N3O4S. The van der Waals surface area contributed by atoms with Crippen molar-refractivity contribution >= 4 is 16.1 Å². The highest BCUT2D eigenvalue weighted by atomic mass is 32.2. The lowest BCUT2D eigenvalue weighted by Gasteiger charge is -2.43. The summed E-state index contributed by atoms with van der Waals surface area (Å²) in [6, 6.07) is 2.47. The Morgan fingerprint density at radius 3 is 2.37 bits per heavy atom. The molecule has 0 bridgehead atoms. The third-order valence-electron chi connectivity index (χ3n) is 5.69. The van der Waals surface area contributed by atoms with Gasteiger partial charge in [-0.1, -0.05) is 6.92 Å². The van der Waals surface area contributed by atoms with E-state index in [0.29, 0.717) is 38.7 Å². The van der Waals surface area contributed by atoms with E-state index >= 15 is 0 Å². The summed E-state index contributed by atoms with van der Waals surface area (Å²) in [6.07, 6.45) is 3.32. The Morgan fingerprint density at radius 1 is 1.13 bits per heavy atom. The first-order chi connectivity index (χ1) is 14.3. The van der Waals surface area contributed by atoms with E-state index in [1.54, 1.807) is 0 Å². The van der Waals surface area contributed by atoms with Crippen LogP contribution >= 0.6 is 0 Å². The fraction of sp³-hybridized carbons (Fsp3) is 0.650. The van der Waals surface area contributed by atoms with Crippen LogP contribution < -0.4 is 5.32 Å². The second-order valence-electron chi connectivity index (χ2n) is 7.69. The predicted octanol–water partition coefficient (Wildman–Crippen LogP) is 2.72. The summed E-state index contributed by atoms with van der Waals surface area (Å²) in [5, 5.41) is 2.94. The Kier molecular flexibility index (Phi) is 7.65. The average molecular weight is 446 g/mol. The highest BCUT2D eigenvalue weighted by molar-refractivity contribution is 7.89. The Labute approximate surface area is 176 Å². The van der Waals surface area contributed by atoms with E-state index in [4.69, 9.17) is 4.74 Å². The summed E-state index contributed by atoms with van der Waals surface area (Å²) in [5.74, 6) is -2.28. The number of piperidine rings is 1. The van der Waals surface area contributed by atoms with Crippen LogP contribution in [0.15, 0.2) is 23.1 Å². The summed E-state index contributed by atoms with van der Waals surface area (Å²) in [5.41, 5.74) is 0. The first kappa shape index (κ1) is 22.9. The van der Waals surface area contributed by atoms with Gasteiger partial charge in [-0.25, -0.2) is 22.0 Å². The molecule has 0 unspecified atom stereocenters. The molecule has 2 aliphatic rings. The van der Waals surface area contributed by atoms with Gasteiger partial charge in [0.15, 0.2) is 11.6 Å². The van der Waals surface area contributed by atoms with Crippen LogP contribution in [0.1, 0.15) is 39.0 Å². The minimum atomic E-state index is -3.92.